The zero-order valence-electron chi connectivity index (χ0n) is 46.7. The van der Waals surface area contributed by atoms with Gasteiger partial charge < -0.3 is 9.80 Å². The van der Waals surface area contributed by atoms with Crippen molar-refractivity contribution < 1.29 is 0 Å². The first-order valence-corrected chi connectivity index (χ1v) is 28.4. The molecule has 0 aliphatic heterocycles. The van der Waals surface area contributed by atoms with Crippen molar-refractivity contribution in [3.8, 4) is 55.6 Å². The third kappa shape index (κ3) is 8.76. The van der Waals surface area contributed by atoms with E-state index >= 15 is 0 Å². The van der Waals surface area contributed by atoms with Crippen LogP contribution in [0.1, 0.15) is 106 Å². The van der Waals surface area contributed by atoms with Crippen LogP contribution in [0.2, 0.25) is 0 Å². The Kier molecular flexibility index (Phi) is 12.3. The van der Waals surface area contributed by atoms with E-state index in [1.165, 1.54) is 134 Å². The molecule has 5 aliphatic rings. The molecule has 384 valence electrons. The van der Waals surface area contributed by atoms with Gasteiger partial charge in [-0.3, -0.25) is 0 Å². The maximum atomic E-state index is 2.57. The van der Waals surface area contributed by atoms with Gasteiger partial charge in [-0.25, -0.2) is 0 Å². The zero-order valence-corrected chi connectivity index (χ0v) is 46.7. The number of hydrogen-bond donors (Lipinski definition) is 0. The molecule has 0 aromatic heterocycles. The summed E-state index contributed by atoms with van der Waals surface area (Å²) in [6.45, 7) is 18.4. The van der Waals surface area contributed by atoms with Crippen LogP contribution < -0.4 is 9.80 Å². The van der Waals surface area contributed by atoms with Crippen molar-refractivity contribution >= 4 is 22.6 Å². The fraction of sp³-hybridized carbons (Fsp3) is 0.211. The Labute approximate surface area is 463 Å². The molecule has 0 spiro atoms. The third-order valence-corrected chi connectivity index (χ3v) is 17.9. The van der Waals surface area contributed by atoms with Crippen LogP contribution in [-0.4, -0.2) is 6.04 Å². The van der Waals surface area contributed by atoms with Crippen molar-refractivity contribution in [3.63, 3.8) is 0 Å². The minimum absolute atomic E-state index is 0.123. The number of benzene rings is 8. The Morgan fingerprint density at radius 3 is 1.28 bits per heavy atom. The van der Waals surface area contributed by atoms with Gasteiger partial charge in [0.05, 0.1) is 6.04 Å². The van der Waals surface area contributed by atoms with Gasteiger partial charge in [-0.05, 0) is 214 Å². The van der Waals surface area contributed by atoms with E-state index in [4.69, 9.17) is 0 Å². The minimum atomic E-state index is -0.146. The van der Waals surface area contributed by atoms with Gasteiger partial charge in [0.25, 0.3) is 0 Å². The van der Waals surface area contributed by atoms with Crippen LogP contribution >= 0.6 is 0 Å². The number of aryl methyl sites for hydroxylation is 2. The molecule has 0 radical (unpaired) electrons. The lowest BCUT2D eigenvalue weighted by Crippen LogP contribution is -2.34. The van der Waals surface area contributed by atoms with E-state index in [0.717, 1.165) is 25.7 Å². The molecule has 0 heterocycles. The summed E-state index contributed by atoms with van der Waals surface area (Å²) in [5, 5.41) is 0. The van der Waals surface area contributed by atoms with Crippen LogP contribution in [0.15, 0.2) is 235 Å². The molecule has 8 aromatic carbocycles. The van der Waals surface area contributed by atoms with Gasteiger partial charge >= 0.3 is 0 Å². The quantitative estimate of drug-likeness (QED) is 0.135. The van der Waals surface area contributed by atoms with Crippen LogP contribution in [0.25, 0.3) is 61.2 Å². The normalized spacial score (nSPS) is 18.2. The second kappa shape index (κ2) is 19.4. The van der Waals surface area contributed by atoms with Gasteiger partial charge in [0.1, 0.15) is 0 Å². The van der Waals surface area contributed by atoms with Crippen molar-refractivity contribution in [2.75, 3.05) is 9.80 Å². The molecule has 0 N–H and O–H groups in total. The van der Waals surface area contributed by atoms with E-state index in [1.807, 2.05) is 0 Å². The Balaban J connectivity index is 0.720. The van der Waals surface area contributed by atoms with Crippen LogP contribution in [0.3, 0.4) is 0 Å². The summed E-state index contributed by atoms with van der Waals surface area (Å²) >= 11 is 0. The molecule has 0 saturated heterocycles. The topological polar surface area (TPSA) is 6.48 Å². The molecule has 2 unspecified atom stereocenters. The molecule has 13 rings (SSSR count). The average molecular weight is 1010 g/mol. The van der Waals surface area contributed by atoms with Crippen LogP contribution in [0.5, 0.6) is 0 Å². The van der Waals surface area contributed by atoms with Gasteiger partial charge in [0.15, 0.2) is 0 Å². The van der Waals surface area contributed by atoms with Gasteiger partial charge in [0, 0.05) is 39.3 Å². The fourth-order valence-electron chi connectivity index (χ4n) is 13.1. The molecule has 0 bridgehead atoms. The smallest absolute Gasteiger partial charge is 0.0556 e. The van der Waals surface area contributed by atoms with Gasteiger partial charge in [-0.1, -0.05) is 197 Å². The van der Waals surface area contributed by atoms with Crippen LogP contribution in [-0.2, 0) is 10.8 Å². The van der Waals surface area contributed by atoms with Gasteiger partial charge in [-0.2, -0.15) is 0 Å². The number of rotatable bonds is 10. The highest BCUT2D eigenvalue weighted by Crippen LogP contribution is 2.53. The molecule has 0 amide bonds. The summed E-state index contributed by atoms with van der Waals surface area (Å²) in [5.74, 6) is 0.559. The molecule has 2 nitrogen and oxygen atoms in total. The second-order valence-corrected chi connectivity index (χ2v) is 24.0. The maximum absolute atomic E-state index is 2.57. The SMILES string of the molecule is CC1=CCC(N(C2=CC=C(c3ccc4c(c3)C(C)(C)c3cc(-c5ccc(-c6ccc7c(c6)C(C)(C)c6cc(-c8ccc(N(C9=CCC(C)C=C9)c9ccc(C)cc9)cc8)ccc6-7)cc5)ccc3-4)CC2)c2ccc(C)cc2)C=C1. The monoisotopic (exact) mass is 1010 g/mol. The van der Waals surface area contributed by atoms with Crippen molar-refractivity contribution in [1.82, 2.24) is 0 Å². The number of allylic oxidation sites excluding steroid dienone is 9. The van der Waals surface area contributed by atoms with E-state index < -0.39 is 0 Å². The molecule has 8 aromatic rings. The number of nitrogens with zero attached hydrogens (tertiary/aromatic N) is 2. The van der Waals surface area contributed by atoms with Gasteiger partial charge in [0.2, 0.25) is 0 Å². The molecule has 2 heteroatoms. The zero-order chi connectivity index (χ0) is 53.5. The first-order chi connectivity index (χ1) is 37.8. The van der Waals surface area contributed by atoms with E-state index in [0.29, 0.717) is 12.0 Å². The Bertz CT molecular complexity index is 3860. The molecule has 5 aliphatic carbocycles. The minimum Gasteiger partial charge on any atom is -0.338 e. The van der Waals surface area contributed by atoms with Gasteiger partial charge in [-0.15, -0.1) is 0 Å². The lowest BCUT2D eigenvalue weighted by molar-refractivity contribution is 0.660. The molecule has 0 saturated carbocycles. The predicted molar refractivity (Wildman–Crippen MR) is 332 cm³/mol. The largest absolute Gasteiger partial charge is 0.338 e. The molecular weight excluding hydrogens is 941 g/mol. The van der Waals surface area contributed by atoms with E-state index in [-0.39, 0.29) is 10.8 Å². The lowest BCUT2D eigenvalue weighted by atomic mass is 9.80. The summed E-state index contributed by atoms with van der Waals surface area (Å²) in [7, 11) is 0. The standard InChI is InChI=1S/C76H70N2/c1-49-9-29-61(30-10-49)77(62-31-11-50(2)12-32-62)65-37-21-55(22-38-65)59-27-43-69-67-41-25-57(45-71(67)75(5,6)73(69)47-59)53-17-19-54(20-18-53)58-26-42-68-70-44-28-60(48-74(70)76(7,8)72(68)46-58)56-23-39-66(40-24-56)78(63-33-13-51(3)14-34-63)64-35-15-52(4)16-36-64/h9-15,17-21,23-31,33-37,39-48,52,62H,16,22,32,38H2,1-8H3. The molecule has 0 fully saturated rings. The summed E-state index contributed by atoms with van der Waals surface area (Å²) in [4.78, 5) is 4.95. The summed E-state index contributed by atoms with van der Waals surface area (Å²) in [6.07, 6.45) is 22.9. The first-order valence-electron chi connectivity index (χ1n) is 28.4. The van der Waals surface area contributed by atoms with Crippen molar-refractivity contribution in [2.45, 2.75) is 97.9 Å². The van der Waals surface area contributed by atoms with Crippen molar-refractivity contribution in [2.24, 2.45) is 5.92 Å². The van der Waals surface area contributed by atoms with Crippen molar-refractivity contribution in [3.05, 3.63) is 274 Å². The van der Waals surface area contributed by atoms with E-state index in [9.17, 15) is 0 Å². The first kappa shape index (κ1) is 49.4. The van der Waals surface area contributed by atoms with Crippen LogP contribution in [0.4, 0.5) is 17.1 Å². The number of fused-ring (bicyclic) bond motifs is 6. The Morgan fingerprint density at radius 1 is 0.410 bits per heavy atom. The number of anilines is 3. The average Bonchev–Trinajstić information content (AvgIpc) is 3.92. The van der Waals surface area contributed by atoms with E-state index in [1.54, 1.807) is 0 Å². The summed E-state index contributed by atoms with van der Waals surface area (Å²) in [5.41, 5.74) is 31.1. The predicted octanol–water partition coefficient (Wildman–Crippen LogP) is 20.4. The second-order valence-electron chi connectivity index (χ2n) is 24.0. The fourth-order valence-corrected chi connectivity index (χ4v) is 13.1. The maximum Gasteiger partial charge on any atom is 0.0556 e. The molecule has 2 atom stereocenters. The highest BCUT2D eigenvalue weighted by atomic mass is 15.2. The Morgan fingerprint density at radius 2 is 0.846 bits per heavy atom. The third-order valence-electron chi connectivity index (χ3n) is 17.9. The number of hydrogen-bond acceptors (Lipinski definition) is 2. The summed E-state index contributed by atoms with van der Waals surface area (Å²) < 4.78 is 0. The highest BCUT2D eigenvalue weighted by Gasteiger charge is 2.38. The van der Waals surface area contributed by atoms with E-state index in [2.05, 4.69) is 284 Å². The molecular formula is C76H70N2. The van der Waals surface area contributed by atoms with Crippen molar-refractivity contribution in [1.29, 1.82) is 0 Å². The Hall–Kier alpha value is -8.20. The molecule has 78 heavy (non-hydrogen) atoms. The highest BCUT2D eigenvalue weighted by molar-refractivity contribution is 5.88. The summed E-state index contributed by atoms with van der Waals surface area (Å²) in [6, 6.07) is 65.3. The lowest BCUT2D eigenvalue weighted by Gasteiger charge is -2.36. The van der Waals surface area contributed by atoms with Crippen LogP contribution in [0, 0.1) is 19.8 Å².